The molecule has 0 bridgehead atoms. The molecule has 0 aromatic carbocycles. The maximum Gasteiger partial charge on any atom is 0.0942 e. The first-order valence-electron chi connectivity index (χ1n) is 7.80. The minimum atomic E-state index is -0.759. The maximum atomic E-state index is 12.0. The molecule has 20 heavy (non-hydrogen) atoms. The van der Waals surface area contributed by atoms with E-state index in [0.717, 1.165) is 50.9 Å². The fourth-order valence-corrected chi connectivity index (χ4v) is 4.56. The molecule has 3 nitrogen and oxygen atoms in total. The van der Waals surface area contributed by atoms with Gasteiger partial charge in [0.05, 0.1) is 11.0 Å². The molecule has 1 aliphatic carbocycles. The summed E-state index contributed by atoms with van der Waals surface area (Å²) in [6.45, 7) is 4.05. The summed E-state index contributed by atoms with van der Waals surface area (Å²) in [6, 6.07) is 0. The van der Waals surface area contributed by atoms with E-state index in [-0.39, 0.29) is 0 Å². The Morgan fingerprint density at radius 2 is 2.05 bits per heavy atom. The summed E-state index contributed by atoms with van der Waals surface area (Å²) in [6.07, 6.45) is 12.5. The molecule has 1 aromatic heterocycles. The molecule has 0 spiro atoms. The number of rotatable bonds is 4. The Kier molecular flexibility index (Phi) is 4.41. The molecular formula is C16H24N2OS. The number of nitrogens with one attached hydrogen (secondary N) is 1. The van der Waals surface area contributed by atoms with Crippen LogP contribution in [0.3, 0.4) is 0 Å². The Labute approximate surface area is 123 Å². The fourth-order valence-electron chi connectivity index (χ4n) is 3.33. The summed E-state index contributed by atoms with van der Waals surface area (Å²) in [5.41, 5.74) is 1.48. The molecule has 2 aliphatic rings. The molecule has 4 heteroatoms. The average Bonchev–Trinajstić information content (AvgIpc) is 2.92. The summed E-state index contributed by atoms with van der Waals surface area (Å²) in [4.78, 5) is 3.42. The number of piperidine rings is 1. The summed E-state index contributed by atoms with van der Waals surface area (Å²) >= 11 is 0. The van der Waals surface area contributed by atoms with E-state index in [1.807, 2.05) is 0 Å². The van der Waals surface area contributed by atoms with Gasteiger partial charge in [0.15, 0.2) is 0 Å². The van der Waals surface area contributed by atoms with E-state index < -0.39 is 11.0 Å². The highest BCUT2D eigenvalue weighted by Gasteiger charge is 2.24. The Hall–Kier alpha value is -0.870. The quantitative estimate of drug-likeness (QED) is 0.899. The smallest absolute Gasteiger partial charge is 0.0942 e. The normalized spacial score (nSPS) is 21.9. The lowest BCUT2D eigenvalue weighted by Gasteiger charge is -2.30. The minimum Gasteiger partial charge on any atom is -0.361 e. The van der Waals surface area contributed by atoms with Gasteiger partial charge in [-0.2, -0.15) is 0 Å². The van der Waals surface area contributed by atoms with Crippen molar-refractivity contribution < 1.29 is 4.21 Å². The molecule has 0 amide bonds. The summed E-state index contributed by atoms with van der Waals surface area (Å²) in [7, 11) is -0.759. The summed E-state index contributed by atoms with van der Waals surface area (Å²) in [5, 5.41) is 2.74. The number of nitrogens with zero attached hydrogens (tertiary/aromatic N) is 1. The van der Waals surface area contributed by atoms with E-state index in [2.05, 4.69) is 34.6 Å². The van der Waals surface area contributed by atoms with Crippen LogP contribution in [0.4, 0.5) is 0 Å². The standard InChI is InChI=1S/C16H24N2OS/c1-2-11-20(19)18-9-7-13(8-10-18)15-12-17-16-6-4-3-5-14(15)16/h5-6,12-13,17H,2-4,7-11H2,1H3. The van der Waals surface area contributed by atoms with Crippen LogP contribution in [0, 0.1) is 0 Å². The second-order valence-corrected chi connectivity index (χ2v) is 7.35. The van der Waals surface area contributed by atoms with Crippen LogP contribution in [0.5, 0.6) is 0 Å². The predicted octanol–water partition coefficient (Wildman–Crippen LogP) is 1.62. The van der Waals surface area contributed by atoms with Crippen molar-refractivity contribution in [3.63, 3.8) is 0 Å². The van der Waals surface area contributed by atoms with Gasteiger partial charge >= 0.3 is 0 Å². The number of hydrogen-bond donors (Lipinski definition) is 1. The number of H-pyrrole nitrogens is 1. The van der Waals surface area contributed by atoms with Crippen molar-refractivity contribution in [1.82, 2.24) is 9.29 Å². The van der Waals surface area contributed by atoms with Crippen molar-refractivity contribution in [2.75, 3.05) is 18.8 Å². The van der Waals surface area contributed by atoms with Gasteiger partial charge < -0.3 is 4.98 Å². The maximum absolute atomic E-state index is 12.0. The van der Waals surface area contributed by atoms with E-state index in [9.17, 15) is 4.21 Å². The SMILES string of the molecule is CCCS(=O)N1CCC(c2c[nH]c3c2=CCCC=3)CC1. The molecule has 1 N–H and O–H groups in total. The van der Waals surface area contributed by atoms with Crippen LogP contribution in [0.25, 0.3) is 12.2 Å². The number of aromatic nitrogens is 1. The van der Waals surface area contributed by atoms with Crippen LogP contribution >= 0.6 is 0 Å². The monoisotopic (exact) mass is 292 g/mol. The first kappa shape index (κ1) is 14.1. The summed E-state index contributed by atoms with van der Waals surface area (Å²) < 4.78 is 14.2. The van der Waals surface area contributed by atoms with E-state index in [0.29, 0.717) is 5.92 Å². The van der Waals surface area contributed by atoms with Gasteiger partial charge in [0.1, 0.15) is 0 Å². The van der Waals surface area contributed by atoms with Gasteiger partial charge in [0.25, 0.3) is 0 Å². The molecule has 1 unspecified atom stereocenters. The van der Waals surface area contributed by atoms with Gasteiger partial charge in [0.2, 0.25) is 0 Å². The molecule has 110 valence electrons. The van der Waals surface area contributed by atoms with E-state index >= 15 is 0 Å². The molecule has 1 aliphatic heterocycles. The zero-order valence-corrected chi connectivity index (χ0v) is 13.0. The third-order valence-electron chi connectivity index (χ3n) is 4.41. The van der Waals surface area contributed by atoms with Crippen LogP contribution in [0.15, 0.2) is 6.20 Å². The Balaban J connectivity index is 1.70. The molecule has 1 fully saturated rings. The molecule has 0 saturated carbocycles. The van der Waals surface area contributed by atoms with Crippen LogP contribution < -0.4 is 10.6 Å². The second-order valence-electron chi connectivity index (χ2n) is 5.79. The first-order valence-corrected chi connectivity index (χ1v) is 9.08. The molecule has 0 radical (unpaired) electrons. The van der Waals surface area contributed by atoms with E-state index in [1.165, 1.54) is 16.1 Å². The highest BCUT2D eigenvalue weighted by Crippen LogP contribution is 2.26. The van der Waals surface area contributed by atoms with Crippen molar-refractivity contribution in [3.8, 4) is 0 Å². The topological polar surface area (TPSA) is 36.1 Å². The molecular weight excluding hydrogens is 268 g/mol. The zero-order valence-electron chi connectivity index (χ0n) is 12.2. The first-order chi connectivity index (χ1) is 9.79. The van der Waals surface area contributed by atoms with Crippen molar-refractivity contribution in [1.29, 1.82) is 0 Å². The second kappa shape index (κ2) is 6.27. The molecule has 3 rings (SSSR count). The van der Waals surface area contributed by atoms with E-state index in [4.69, 9.17) is 0 Å². The Bertz CT molecular complexity index is 596. The molecule has 2 heterocycles. The number of fused-ring (bicyclic) bond motifs is 1. The lowest BCUT2D eigenvalue weighted by atomic mass is 9.90. The molecule has 1 aromatic rings. The zero-order chi connectivity index (χ0) is 13.9. The van der Waals surface area contributed by atoms with Crippen molar-refractivity contribution in [2.45, 2.75) is 44.9 Å². The third-order valence-corrected chi connectivity index (χ3v) is 6.11. The number of hydrogen-bond acceptors (Lipinski definition) is 1. The Morgan fingerprint density at radius 1 is 1.30 bits per heavy atom. The lowest BCUT2D eigenvalue weighted by molar-refractivity contribution is 0.333. The van der Waals surface area contributed by atoms with Gasteiger partial charge in [-0.25, -0.2) is 8.51 Å². The number of aromatic amines is 1. The minimum absolute atomic E-state index is 0.632. The lowest BCUT2D eigenvalue weighted by Crippen LogP contribution is -2.37. The van der Waals surface area contributed by atoms with Crippen LogP contribution in [0.1, 0.15) is 50.5 Å². The van der Waals surface area contributed by atoms with Gasteiger partial charge in [-0.15, -0.1) is 0 Å². The molecule has 1 atom stereocenters. The predicted molar refractivity (Wildman–Crippen MR) is 85.1 cm³/mol. The van der Waals surface area contributed by atoms with Gasteiger partial charge in [-0.05, 0) is 48.8 Å². The third kappa shape index (κ3) is 2.77. The summed E-state index contributed by atoms with van der Waals surface area (Å²) in [5.74, 6) is 1.44. The fraction of sp³-hybridized carbons (Fsp3) is 0.625. The van der Waals surface area contributed by atoms with Crippen molar-refractivity contribution >= 4 is 23.1 Å². The van der Waals surface area contributed by atoms with Gasteiger partial charge in [-0.1, -0.05) is 19.1 Å². The Morgan fingerprint density at radius 3 is 2.80 bits per heavy atom. The van der Waals surface area contributed by atoms with Crippen LogP contribution in [-0.4, -0.2) is 32.3 Å². The largest absolute Gasteiger partial charge is 0.361 e. The highest BCUT2D eigenvalue weighted by molar-refractivity contribution is 7.82. The van der Waals surface area contributed by atoms with Crippen molar-refractivity contribution in [2.24, 2.45) is 0 Å². The molecule has 1 saturated heterocycles. The van der Waals surface area contributed by atoms with Crippen molar-refractivity contribution in [3.05, 3.63) is 22.3 Å². The van der Waals surface area contributed by atoms with Crippen LogP contribution in [0.2, 0.25) is 0 Å². The average molecular weight is 292 g/mol. The van der Waals surface area contributed by atoms with Gasteiger partial charge in [0, 0.05) is 30.4 Å². The van der Waals surface area contributed by atoms with E-state index in [1.54, 1.807) is 0 Å². The van der Waals surface area contributed by atoms with Gasteiger partial charge in [-0.3, -0.25) is 0 Å². The van der Waals surface area contributed by atoms with Crippen LogP contribution in [-0.2, 0) is 11.0 Å². The highest BCUT2D eigenvalue weighted by atomic mass is 32.2.